The molecular formula is C17H17IN6O4S. The van der Waals surface area contributed by atoms with E-state index in [-0.39, 0.29) is 6.79 Å². The maximum absolute atomic E-state index is 11.0. The highest BCUT2D eigenvalue weighted by atomic mass is 127. The number of carboxylic acid groups (broad SMARTS) is 1. The van der Waals surface area contributed by atoms with E-state index < -0.39 is 12.0 Å². The molecule has 5 N–H and O–H groups in total. The van der Waals surface area contributed by atoms with E-state index in [0.717, 1.165) is 8.47 Å². The molecule has 12 heteroatoms. The summed E-state index contributed by atoms with van der Waals surface area (Å²) in [6.07, 6.45) is 2.27. The van der Waals surface area contributed by atoms with E-state index in [1.807, 2.05) is 16.7 Å². The maximum Gasteiger partial charge on any atom is 0.320 e. The summed E-state index contributed by atoms with van der Waals surface area (Å²) in [6, 6.07) is 2.92. The zero-order chi connectivity index (χ0) is 20.5. The first-order chi connectivity index (χ1) is 13.9. The molecule has 0 saturated carbocycles. The van der Waals surface area contributed by atoms with Gasteiger partial charge in [-0.15, -0.1) is 0 Å². The summed E-state index contributed by atoms with van der Waals surface area (Å²) in [5, 5.41) is 9.67. The number of hydrogen-bond acceptors (Lipinski definition) is 9. The van der Waals surface area contributed by atoms with Gasteiger partial charge < -0.3 is 30.6 Å². The quantitative estimate of drug-likeness (QED) is 0.389. The lowest BCUT2D eigenvalue weighted by molar-refractivity contribution is -0.138. The molecule has 0 saturated heterocycles. The van der Waals surface area contributed by atoms with E-state index in [1.165, 1.54) is 18.1 Å². The normalized spacial score (nSPS) is 13.7. The first kappa shape index (κ1) is 20.0. The van der Waals surface area contributed by atoms with Crippen LogP contribution in [0.4, 0.5) is 5.82 Å². The summed E-state index contributed by atoms with van der Waals surface area (Å²) in [4.78, 5) is 24.9. The van der Waals surface area contributed by atoms with E-state index in [2.05, 4.69) is 37.5 Å². The minimum atomic E-state index is -1.02. The molecule has 0 radical (unpaired) electrons. The Morgan fingerprint density at radius 1 is 1.34 bits per heavy atom. The molecule has 0 bridgehead atoms. The van der Waals surface area contributed by atoms with Gasteiger partial charge in [-0.2, -0.15) is 0 Å². The number of anilines is 1. The molecule has 3 aromatic rings. The van der Waals surface area contributed by atoms with Crippen LogP contribution in [0.25, 0.3) is 11.2 Å². The molecule has 1 atom stereocenters. The van der Waals surface area contributed by atoms with Crippen molar-refractivity contribution in [1.82, 2.24) is 19.5 Å². The second kappa shape index (κ2) is 8.20. The molecule has 152 valence electrons. The number of hydrogen-bond donors (Lipinski definition) is 3. The molecule has 0 amide bonds. The van der Waals surface area contributed by atoms with E-state index in [0.29, 0.717) is 53.0 Å². The Labute approximate surface area is 183 Å². The highest BCUT2D eigenvalue weighted by molar-refractivity contribution is 14.1. The van der Waals surface area contributed by atoms with E-state index in [1.54, 1.807) is 0 Å². The predicted molar refractivity (Wildman–Crippen MR) is 114 cm³/mol. The smallest absolute Gasteiger partial charge is 0.320 e. The highest BCUT2D eigenvalue weighted by Crippen LogP contribution is 2.41. The van der Waals surface area contributed by atoms with Gasteiger partial charge in [0.05, 0.1) is 0 Å². The molecule has 29 heavy (non-hydrogen) atoms. The number of aromatic nitrogens is 4. The number of rotatable bonds is 7. The van der Waals surface area contributed by atoms with Crippen LogP contribution in [0, 0.1) is 3.57 Å². The first-order valence-corrected chi connectivity index (χ1v) is 10.6. The van der Waals surface area contributed by atoms with Crippen LogP contribution in [0.5, 0.6) is 11.5 Å². The number of nitrogens with zero attached hydrogens (tertiary/aromatic N) is 4. The van der Waals surface area contributed by atoms with Crippen LogP contribution in [0.15, 0.2) is 28.5 Å². The number of nitrogen functional groups attached to an aromatic ring is 1. The number of aliphatic carboxylic acids is 1. The lowest BCUT2D eigenvalue weighted by Crippen LogP contribution is -2.30. The second-order valence-corrected chi connectivity index (χ2v) is 8.47. The lowest BCUT2D eigenvalue weighted by atomic mass is 10.2. The van der Waals surface area contributed by atoms with E-state index in [4.69, 9.17) is 26.0 Å². The predicted octanol–water partition coefficient (Wildman–Crippen LogP) is 2.09. The number of ether oxygens (including phenoxy) is 2. The van der Waals surface area contributed by atoms with Gasteiger partial charge in [-0.25, -0.2) is 15.0 Å². The fraction of sp³-hybridized carbons (Fsp3) is 0.294. The van der Waals surface area contributed by atoms with Crippen molar-refractivity contribution in [2.75, 3.05) is 12.5 Å². The maximum atomic E-state index is 11.0. The van der Waals surface area contributed by atoms with Crippen molar-refractivity contribution in [3.63, 3.8) is 0 Å². The zero-order valence-corrected chi connectivity index (χ0v) is 18.0. The second-order valence-electron chi connectivity index (χ2n) is 6.30. The Balaban J connectivity index is 1.66. The fourth-order valence-electron chi connectivity index (χ4n) is 2.88. The summed E-state index contributed by atoms with van der Waals surface area (Å²) in [7, 11) is 0. The lowest BCUT2D eigenvalue weighted by Gasteiger charge is -2.11. The van der Waals surface area contributed by atoms with Crippen molar-refractivity contribution < 1.29 is 19.4 Å². The number of halogens is 1. The van der Waals surface area contributed by atoms with Gasteiger partial charge in [0.15, 0.2) is 33.6 Å². The van der Waals surface area contributed by atoms with Crippen LogP contribution >= 0.6 is 34.4 Å². The van der Waals surface area contributed by atoms with Crippen molar-refractivity contribution in [3.05, 3.63) is 22.0 Å². The third-order valence-corrected chi connectivity index (χ3v) is 6.68. The molecule has 10 nitrogen and oxygen atoms in total. The third-order valence-electron chi connectivity index (χ3n) is 4.37. The number of benzene rings is 1. The van der Waals surface area contributed by atoms with Crippen LogP contribution < -0.4 is 20.9 Å². The minimum Gasteiger partial charge on any atom is -0.480 e. The Hall–Kier alpha value is -2.32. The van der Waals surface area contributed by atoms with Gasteiger partial charge in [-0.3, -0.25) is 4.79 Å². The molecule has 0 unspecified atom stereocenters. The fourth-order valence-corrected chi connectivity index (χ4v) is 4.59. The van der Waals surface area contributed by atoms with Crippen molar-refractivity contribution in [2.24, 2.45) is 5.73 Å². The van der Waals surface area contributed by atoms with Crippen LogP contribution in [0.3, 0.4) is 0 Å². The molecular weight excluding hydrogens is 511 g/mol. The largest absolute Gasteiger partial charge is 0.480 e. The van der Waals surface area contributed by atoms with Crippen LogP contribution in [-0.4, -0.2) is 43.4 Å². The standard InChI is InChI=1S/C17H17IN6O4S/c18-8-4-10-11(28-7-27-10)5-12(8)29-17-23-13-14(20)21-6-22-15(13)24(17)3-1-2-9(19)16(25)26/h4-6,9H,1-3,7,19H2,(H,25,26)(H2,20,21,22)/t9-/m1/s1. The number of carbonyl (C=O) groups is 1. The molecule has 2 aromatic heterocycles. The Morgan fingerprint density at radius 2 is 2.10 bits per heavy atom. The average Bonchev–Trinajstić information content (AvgIpc) is 3.27. The van der Waals surface area contributed by atoms with Crippen LogP contribution in [-0.2, 0) is 11.3 Å². The topological polar surface area (TPSA) is 151 Å². The summed E-state index contributed by atoms with van der Waals surface area (Å²) < 4.78 is 13.8. The molecule has 0 aliphatic carbocycles. The van der Waals surface area contributed by atoms with Gasteiger partial charge in [-0.1, -0.05) is 11.8 Å². The minimum absolute atomic E-state index is 0.202. The molecule has 1 aromatic carbocycles. The molecule has 0 fully saturated rings. The molecule has 3 heterocycles. The SMILES string of the molecule is Nc1ncnc2c1nc(Sc1cc3c(cc1I)OCO3)n2CCC[C@@H](N)C(=O)O. The molecule has 1 aliphatic rings. The Bertz CT molecular complexity index is 1090. The van der Waals surface area contributed by atoms with Crippen LogP contribution in [0.2, 0.25) is 0 Å². The number of imidazole rings is 1. The first-order valence-electron chi connectivity index (χ1n) is 8.66. The monoisotopic (exact) mass is 528 g/mol. The summed E-state index contributed by atoms with van der Waals surface area (Å²) in [5.74, 6) is 0.669. The van der Waals surface area contributed by atoms with Gasteiger partial charge in [0.25, 0.3) is 0 Å². The number of carboxylic acids is 1. The molecule has 1 aliphatic heterocycles. The van der Waals surface area contributed by atoms with Gasteiger partial charge in [0.2, 0.25) is 6.79 Å². The summed E-state index contributed by atoms with van der Waals surface area (Å²) in [5.41, 5.74) is 12.7. The number of aryl methyl sites for hydroxylation is 1. The third kappa shape index (κ3) is 4.04. The van der Waals surface area contributed by atoms with Crippen LogP contribution in [0.1, 0.15) is 12.8 Å². The van der Waals surface area contributed by atoms with Crippen molar-refractivity contribution >= 4 is 57.3 Å². The van der Waals surface area contributed by atoms with Crippen molar-refractivity contribution in [1.29, 1.82) is 0 Å². The van der Waals surface area contributed by atoms with Gasteiger partial charge in [0, 0.05) is 15.0 Å². The zero-order valence-electron chi connectivity index (χ0n) is 15.0. The van der Waals surface area contributed by atoms with Crippen molar-refractivity contribution in [2.45, 2.75) is 35.5 Å². The molecule has 0 spiro atoms. The number of fused-ring (bicyclic) bond motifs is 2. The van der Waals surface area contributed by atoms with Gasteiger partial charge >= 0.3 is 5.97 Å². The van der Waals surface area contributed by atoms with Gasteiger partial charge in [0.1, 0.15) is 12.4 Å². The Morgan fingerprint density at radius 3 is 2.86 bits per heavy atom. The van der Waals surface area contributed by atoms with Gasteiger partial charge in [-0.05, 0) is 47.6 Å². The Kier molecular flexibility index (Phi) is 5.65. The summed E-state index contributed by atoms with van der Waals surface area (Å²) >= 11 is 3.68. The van der Waals surface area contributed by atoms with E-state index in [9.17, 15) is 4.79 Å². The van der Waals surface area contributed by atoms with Crippen molar-refractivity contribution in [3.8, 4) is 11.5 Å². The summed E-state index contributed by atoms with van der Waals surface area (Å²) in [6.45, 7) is 0.700. The average molecular weight is 528 g/mol. The van der Waals surface area contributed by atoms with E-state index >= 15 is 0 Å². The molecule has 4 rings (SSSR count). The highest BCUT2D eigenvalue weighted by Gasteiger charge is 2.21. The number of nitrogens with two attached hydrogens (primary N) is 2.